The fraction of sp³-hybridized carbons (Fsp3) is 0.267. The normalized spacial score (nSPS) is 10.2. The van der Waals surface area contributed by atoms with Crippen LogP contribution in [-0.2, 0) is 17.8 Å². The van der Waals surface area contributed by atoms with Crippen molar-refractivity contribution in [1.82, 2.24) is 15.1 Å². The van der Waals surface area contributed by atoms with Gasteiger partial charge in [0.25, 0.3) is 5.91 Å². The maximum absolute atomic E-state index is 11.9. The number of carbonyl (C=O) groups excluding carboxylic acids is 1. The summed E-state index contributed by atoms with van der Waals surface area (Å²) in [6, 6.07) is 7.62. The highest BCUT2D eigenvalue weighted by atomic mass is 16.5. The average Bonchev–Trinajstić information content (AvgIpc) is 2.95. The second-order valence-electron chi connectivity index (χ2n) is 4.67. The molecule has 7 nitrogen and oxygen atoms in total. The van der Waals surface area contributed by atoms with Gasteiger partial charge in [0.15, 0.2) is 0 Å². The number of benzene rings is 1. The number of carboxylic acid groups (broad SMARTS) is 1. The van der Waals surface area contributed by atoms with Crippen LogP contribution in [0.5, 0.6) is 5.75 Å². The van der Waals surface area contributed by atoms with Gasteiger partial charge in [0.2, 0.25) is 0 Å². The molecule has 2 rings (SSSR count). The van der Waals surface area contributed by atoms with Crippen LogP contribution >= 0.6 is 0 Å². The van der Waals surface area contributed by atoms with Crippen molar-refractivity contribution in [3.63, 3.8) is 0 Å². The molecule has 1 aromatic carbocycles. The van der Waals surface area contributed by atoms with Crippen LogP contribution in [0.3, 0.4) is 0 Å². The third kappa shape index (κ3) is 4.34. The Morgan fingerprint density at radius 3 is 2.68 bits per heavy atom. The monoisotopic (exact) mass is 303 g/mol. The number of nitrogens with zero attached hydrogens (tertiary/aromatic N) is 2. The molecule has 0 spiro atoms. The van der Waals surface area contributed by atoms with E-state index in [-0.39, 0.29) is 12.5 Å². The number of rotatable bonds is 7. The summed E-state index contributed by atoms with van der Waals surface area (Å²) in [5.74, 6) is -0.488. The third-order valence-corrected chi connectivity index (χ3v) is 3.05. The summed E-state index contributed by atoms with van der Waals surface area (Å²) in [6.07, 6.45) is 3.46. The highest BCUT2D eigenvalue weighted by Gasteiger charge is 2.09. The first-order valence-corrected chi connectivity index (χ1v) is 6.74. The van der Waals surface area contributed by atoms with Crippen LogP contribution in [0.1, 0.15) is 15.9 Å². The Labute approximate surface area is 127 Å². The van der Waals surface area contributed by atoms with Crippen LogP contribution in [0, 0.1) is 0 Å². The largest absolute Gasteiger partial charge is 0.497 e. The van der Waals surface area contributed by atoms with E-state index in [0.29, 0.717) is 18.5 Å². The summed E-state index contributed by atoms with van der Waals surface area (Å²) in [5, 5.41) is 15.2. The van der Waals surface area contributed by atoms with Gasteiger partial charge in [-0.1, -0.05) is 12.1 Å². The van der Waals surface area contributed by atoms with E-state index in [4.69, 9.17) is 9.84 Å². The Bertz CT molecular complexity index is 649. The van der Waals surface area contributed by atoms with E-state index < -0.39 is 5.97 Å². The molecule has 0 aliphatic carbocycles. The lowest BCUT2D eigenvalue weighted by molar-refractivity contribution is -0.137. The number of carboxylic acids is 1. The molecule has 1 aromatic heterocycles. The van der Waals surface area contributed by atoms with E-state index in [1.807, 2.05) is 24.3 Å². The first-order chi connectivity index (χ1) is 10.6. The van der Waals surface area contributed by atoms with Crippen molar-refractivity contribution in [2.24, 2.45) is 0 Å². The number of amides is 1. The van der Waals surface area contributed by atoms with E-state index in [9.17, 15) is 9.59 Å². The van der Waals surface area contributed by atoms with Crippen molar-refractivity contribution in [3.05, 3.63) is 47.8 Å². The number of methoxy groups -OCH3 is 1. The number of hydrogen-bond donors (Lipinski definition) is 2. The predicted octanol–water partition coefficient (Wildman–Crippen LogP) is 0.949. The highest BCUT2D eigenvalue weighted by molar-refractivity contribution is 5.93. The topological polar surface area (TPSA) is 93.5 Å². The molecule has 0 saturated carbocycles. The SMILES string of the molecule is COc1ccc(CCNC(=O)c2cnn(CC(=O)O)c2)cc1. The zero-order valence-electron chi connectivity index (χ0n) is 12.2. The van der Waals surface area contributed by atoms with E-state index >= 15 is 0 Å². The molecule has 0 aliphatic rings. The molecular weight excluding hydrogens is 286 g/mol. The summed E-state index contributed by atoms with van der Waals surface area (Å²) in [4.78, 5) is 22.5. The molecule has 0 unspecified atom stereocenters. The molecule has 7 heteroatoms. The first kappa shape index (κ1) is 15.6. The van der Waals surface area contributed by atoms with Crippen LogP contribution in [0.25, 0.3) is 0 Å². The Hall–Kier alpha value is -2.83. The Morgan fingerprint density at radius 2 is 2.05 bits per heavy atom. The Balaban J connectivity index is 1.81. The lowest BCUT2D eigenvalue weighted by atomic mass is 10.1. The number of ether oxygens (including phenoxy) is 1. The minimum absolute atomic E-state index is 0.265. The van der Waals surface area contributed by atoms with Gasteiger partial charge in [-0.3, -0.25) is 14.3 Å². The number of carbonyl (C=O) groups is 2. The van der Waals surface area contributed by atoms with Gasteiger partial charge < -0.3 is 15.2 Å². The standard InChI is InChI=1S/C15H17N3O4/c1-22-13-4-2-11(3-5-13)6-7-16-15(21)12-8-17-18(9-12)10-14(19)20/h2-5,8-9H,6-7,10H2,1H3,(H,16,21)(H,19,20). The number of nitrogens with one attached hydrogen (secondary N) is 1. The molecule has 0 atom stereocenters. The second kappa shape index (κ2) is 7.26. The number of aromatic nitrogens is 2. The van der Waals surface area contributed by atoms with Crippen LogP contribution in [0.4, 0.5) is 0 Å². The molecule has 1 amide bonds. The van der Waals surface area contributed by atoms with Gasteiger partial charge in [-0.25, -0.2) is 0 Å². The lowest BCUT2D eigenvalue weighted by Crippen LogP contribution is -2.25. The van der Waals surface area contributed by atoms with Gasteiger partial charge >= 0.3 is 5.97 Å². The molecule has 2 aromatic rings. The lowest BCUT2D eigenvalue weighted by Gasteiger charge is -2.05. The smallest absolute Gasteiger partial charge is 0.325 e. The van der Waals surface area contributed by atoms with Gasteiger partial charge in [0.05, 0.1) is 18.9 Å². The van der Waals surface area contributed by atoms with Crippen molar-refractivity contribution in [2.45, 2.75) is 13.0 Å². The minimum atomic E-state index is -1.01. The average molecular weight is 303 g/mol. The van der Waals surface area contributed by atoms with Crippen molar-refractivity contribution in [3.8, 4) is 5.75 Å². The van der Waals surface area contributed by atoms with E-state index in [0.717, 1.165) is 11.3 Å². The minimum Gasteiger partial charge on any atom is -0.497 e. The van der Waals surface area contributed by atoms with Gasteiger partial charge in [-0.2, -0.15) is 5.10 Å². The van der Waals surface area contributed by atoms with Gasteiger partial charge in [0.1, 0.15) is 12.3 Å². The molecule has 0 aliphatic heterocycles. The molecule has 116 valence electrons. The summed E-state index contributed by atoms with van der Waals surface area (Å²) in [5.41, 5.74) is 1.43. The first-order valence-electron chi connectivity index (χ1n) is 6.74. The second-order valence-corrected chi connectivity index (χ2v) is 4.67. The summed E-state index contributed by atoms with van der Waals surface area (Å²) in [6.45, 7) is 0.217. The fourth-order valence-corrected chi connectivity index (χ4v) is 1.92. The number of hydrogen-bond acceptors (Lipinski definition) is 4. The van der Waals surface area contributed by atoms with Crippen molar-refractivity contribution < 1.29 is 19.4 Å². The quantitative estimate of drug-likeness (QED) is 0.794. The summed E-state index contributed by atoms with van der Waals surface area (Å²) in [7, 11) is 1.61. The molecule has 0 saturated heterocycles. The van der Waals surface area contributed by atoms with Crippen molar-refractivity contribution >= 4 is 11.9 Å². The van der Waals surface area contributed by atoms with Crippen molar-refractivity contribution in [1.29, 1.82) is 0 Å². The molecule has 0 bridgehead atoms. The van der Waals surface area contributed by atoms with E-state index in [1.54, 1.807) is 7.11 Å². The van der Waals surface area contributed by atoms with Gasteiger partial charge in [-0.15, -0.1) is 0 Å². The molecule has 0 fully saturated rings. The van der Waals surface area contributed by atoms with E-state index in [2.05, 4.69) is 10.4 Å². The molecular formula is C15H17N3O4. The van der Waals surface area contributed by atoms with Crippen LogP contribution in [0.2, 0.25) is 0 Å². The van der Waals surface area contributed by atoms with Gasteiger partial charge in [0, 0.05) is 12.7 Å². The maximum Gasteiger partial charge on any atom is 0.325 e. The maximum atomic E-state index is 11.9. The molecule has 0 radical (unpaired) electrons. The predicted molar refractivity (Wildman–Crippen MR) is 78.9 cm³/mol. The zero-order chi connectivity index (χ0) is 15.9. The molecule has 1 heterocycles. The Kier molecular flexibility index (Phi) is 5.13. The summed E-state index contributed by atoms with van der Waals surface area (Å²) >= 11 is 0. The van der Waals surface area contributed by atoms with Crippen LogP contribution in [0.15, 0.2) is 36.7 Å². The summed E-state index contributed by atoms with van der Waals surface area (Å²) < 4.78 is 6.29. The zero-order valence-corrected chi connectivity index (χ0v) is 12.2. The van der Waals surface area contributed by atoms with Crippen LogP contribution in [-0.4, -0.2) is 40.4 Å². The third-order valence-electron chi connectivity index (χ3n) is 3.05. The Morgan fingerprint density at radius 1 is 1.32 bits per heavy atom. The molecule has 2 N–H and O–H groups in total. The van der Waals surface area contributed by atoms with Crippen molar-refractivity contribution in [2.75, 3.05) is 13.7 Å². The van der Waals surface area contributed by atoms with Crippen LogP contribution < -0.4 is 10.1 Å². The molecule has 22 heavy (non-hydrogen) atoms. The highest BCUT2D eigenvalue weighted by Crippen LogP contribution is 2.11. The van der Waals surface area contributed by atoms with E-state index in [1.165, 1.54) is 17.1 Å². The fourth-order valence-electron chi connectivity index (χ4n) is 1.92. The number of aliphatic carboxylic acids is 1. The van der Waals surface area contributed by atoms with Gasteiger partial charge in [-0.05, 0) is 24.1 Å².